The SMILES string of the molecule is CCN1CCO[C@@H](CNCc2cnn(Cc3ccccc3)c2)C1. The minimum Gasteiger partial charge on any atom is -0.374 e. The van der Waals surface area contributed by atoms with Crippen LogP contribution in [0.15, 0.2) is 42.7 Å². The van der Waals surface area contributed by atoms with Gasteiger partial charge in [-0.05, 0) is 12.1 Å². The van der Waals surface area contributed by atoms with Crippen LogP contribution in [0.25, 0.3) is 0 Å². The van der Waals surface area contributed by atoms with Gasteiger partial charge in [0.1, 0.15) is 0 Å². The quantitative estimate of drug-likeness (QED) is 0.845. The molecule has 5 nitrogen and oxygen atoms in total. The monoisotopic (exact) mass is 314 g/mol. The van der Waals surface area contributed by atoms with Crippen LogP contribution in [0.4, 0.5) is 0 Å². The second-order valence-corrected chi connectivity index (χ2v) is 6.05. The molecule has 0 bridgehead atoms. The fourth-order valence-electron chi connectivity index (χ4n) is 2.92. The molecule has 1 fully saturated rings. The van der Waals surface area contributed by atoms with Crippen LogP contribution in [0.1, 0.15) is 18.1 Å². The molecular weight excluding hydrogens is 288 g/mol. The Morgan fingerprint density at radius 1 is 1.26 bits per heavy atom. The summed E-state index contributed by atoms with van der Waals surface area (Å²) in [5, 5.41) is 7.93. The van der Waals surface area contributed by atoms with Crippen LogP contribution in [0.3, 0.4) is 0 Å². The van der Waals surface area contributed by atoms with Crippen LogP contribution >= 0.6 is 0 Å². The molecule has 1 aliphatic heterocycles. The Labute approximate surface area is 138 Å². The summed E-state index contributed by atoms with van der Waals surface area (Å²) in [6.07, 6.45) is 4.35. The number of nitrogens with zero attached hydrogens (tertiary/aromatic N) is 3. The molecule has 1 aromatic heterocycles. The standard InChI is InChI=1S/C18H26N4O/c1-2-21-8-9-23-18(15-21)12-19-10-17-11-20-22(14-17)13-16-6-4-3-5-7-16/h3-7,11,14,18-19H,2,8-10,12-13,15H2,1H3/t18-/m0/s1. The van der Waals surface area contributed by atoms with Crippen molar-refractivity contribution in [1.82, 2.24) is 20.0 Å². The first-order chi connectivity index (χ1) is 11.3. The van der Waals surface area contributed by atoms with Gasteiger partial charge in [0.25, 0.3) is 0 Å². The molecule has 2 aromatic rings. The number of rotatable bonds is 7. The van der Waals surface area contributed by atoms with E-state index in [0.29, 0.717) is 6.10 Å². The smallest absolute Gasteiger partial charge is 0.0826 e. The van der Waals surface area contributed by atoms with E-state index in [2.05, 4.69) is 52.7 Å². The third kappa shape index (κ3) is 4.89. The van der Waals surface area contributed by atoms with Crippen LogP contribution in [0.5, 0.6) is 0 Å². The summed E-state index contributed by atoms with van der Waals surface area (Å²) < 4.78 is 7.80. The number of nitrogens with one attached hydrogen (secondary N) is 1. The van der Waals surface area contributed by atoms with Gasteiger partial charge in [0.05, 0.1) is 25.5 Å². The van der Waals surface area contributed by atoms with Crippen LogP contribution in [0, 0.1) is 0 Å². The molecule has 0 amide bonds. The first kappa shape index (κ1) is 16.2. The Hall–Kier alpha value is -1.69. The molecule has 1 saturated heterocycles. The third-order valence-electron chi connectivity index (χ3n) is 4.25. The summed E-state index contributed by atoms with van der Waals surface area (Å²) in [7, 11) is 0. The Balaban J connectivity index is 1.42. The number of hydrogen-bond donors (Lipinski definition) is 1. The van der Waals surface area contributed by atoms with Gasteiger partial charge in [0.2, 0.25) is 0 Å². The zero-order valence-electron chi connectivity index (χ0n) is 13.8. The molecule has 3 rings (SSSR count). The summed E-state index contributed by atoms with van der Waals surface area (Å²) in [6.45, 7) is 8.77. The molecule has 0 unspecified atom stereocenters. The fraction of sp³-hybridized carbons (Fsp3) is 0.500. The van der Waals surface area contributed by atoms with Crippen molar-refractivity contribution >= 4 is 0 Å². The summed E-state index contributed by atoms with van der Waals surface area (Å²) in [5.41, 5.74) is 2.48. The van der Waals surface area contributed by atoms with Gasteiger partial charge in [-0.25, -0.2) is 0 Å². The van der Waals surface area contributed by atoms with Crippen LogP contribution in [-0.2, 0) is 17.8 Å². The van der Waals surface area contributed by atoms with E-state index in [-0.39, 0.29) is 0 Å². The highest BCUT2D eigenvalue weighted by molar-refractivity contribution is 5.15. The molecule has 0 aliphatic carbocycles. The number of ether oxygens (including phenoxy) is 1. The lowest BCUT2D eigenvalue weighted by molar-refractivity contribution is -0.0253. The minimum atomic E-state index is 0.295. The Morgan fingerprint density at radius 3 is 2.96 bits per heavy atom. The summed E-state index contributed by atoms with van der Waals surface area (Å²) in [6, 6.07) is 10.4. The van der Waals surface area contributed by atoms with E-state index in [1.54, 1.807) is 0 Å². The predicted molar refractivity (Wildman–Crippen MR) is 91.3 cm³/mol. The van der Waals surface area contributed by atoms with Crippen molar-refractivity contribution in [1.29, 1.82) is 0 Å². The Kier molecular flexibility index (Phi) is 5.80. The first-order valence-corrected chi connectivity index (χ1v) is 8.43. The predicted octanol–water partition coefficient (Wildman–Crippen LogP) is 1.74. The molecule has 1 N–H and O–H groups in total. The number of likely N-dealkylation sites (N-methyl/N-ethyl adjacent to an activating group) is 1. The number of hydrogen-bond acceptors (Lipinski definition) is 4. The van der Waals surface area contributed by atoms with E-state index in [9.17, 15) is 0 Å². The van der Waals surface area contributed by atoms with Crippen LogP contribution < -0.4 is 5.32 Å². The number of aromatic nitrogens is 2. The zero-order chi connectivity index (χ0) is 15.9. The molecule has 0 saturated carbocycles. The van der Waals surface area contributed by atoms with Crippen molar-refractivity contribution in [2.24, 2.45) is 0 Å². The maximum absolute atomic E-state index is 5.81. The second kappa shape index (κ2) is 8.24. The van der Waals surface area contributed by atoms with Gasteiger partial charge in [0.15, 0.2) is 0 Å². The molecule has 124 valence electrons. The largest absolute Gasteiger partial charge is 0.374 e. The highest BCUT2D eigenvalue weighted by Crippen LogP contribution is 2.06. The van der Waals surface area contributed by atoms with Crippen molar-refractivity contribution in [3.8, 4) is 0 Å². The second-order valence-electron chi connectivity index (χ2n) is 6.05. The minimum absolute atomic E-state index is 0.295. The molecular formula is C18H26N4O. The molecule has 1 aliphatic rings. The van der Waals surface area contributed by atoms with Gasteiger partial charge < -0.3 is 10.1 Å². The molecule has 5 heteroatoms. The van der Waals surface area contributed by atoms with Crippen molar-refractivity contribution < 1.29 is 4.74 Å². The van der Waals surface area contributed by atoms with Gasteiger partial charge in [-0.3, -0.25) is 9.58 Å². The maximum atomic E-state index is 5.81. The van der Waals surface area contributed by atoms with E-state index < -0.39 is 0 Å². The summed E-state index contributed by atoms with van der Waals surface area (Å²) in [4.78, 5) is 2.44. The van der Waals surface area contributed by atoms with Crippen LogP contribution in [-0.4, -0.2) is 53.6 Å². The van der Waals surface area contributed by atoms with E-state index in [1.165, 1.54) is 11.1 Å². The van der Waals surface area contributed by atoms with Crippen LogP contribution in [0.2, 0.25) is 0 Å². The first-order valence-electron chi connectivity index (χ1n) is 8.43. The maximum Gasteiger partial charge on any atom is 0.0826 e. The topological polar surface area (TPSA) is 42.3 Å². The molecule has 2 heterocycles. The highest BCUT2D eigenvalue weighted by Gasteiger charge is 2.18. The van der Waals surface area contributed by atoms with E-state index in [4.69, 9.17) is 4.74 Å². The zero-order valence-corrected chi connectivity index (χ0v) is 13.8. The van der Waals surface area contributed by atoms with Gasteiger partial charge >= 0.3 is 0 Å². The third-order valence-corrected chi connectivity index (χ3v) is 4.25. The van der Waals surface area contributed by atoms with Crippen molar-refractivity contribution in [3.05, 3.63) is 53.9 Å². The van der Waals surface area contributed by atoms with Gasteiger partial charge in [-0.2, -0.15) is 5.10 Å². The average molecular weight is 314 g/mol. The lowest BCUT2D eigenvalue weighted by Gasteiger charge is -2.32. The Morgan fingerprint density at radius 2 is 2.13 bits per heavy atom. The fourth-order valence-corrected chi connectivity index (χ4v) is 2.92. The highest BCUT2D eigenvalue weighted by atomic mass is 16.5. The molecule has 1 atom stereocenters. The number of morpholine rings is 1. The molecule has 23 heavy (non-hydrogen) atoms. The van der Waals surface area contributed by atoms with E-state index in [1.807, 2.05) is 16.9 Å². The van der Waals surface area contributed by atoms with E-state index in [0.717, 1.165) is 45.9 Å². The normalized spacial score (nSPS) is 19.1. The van der Waals surface area contributed by atoms with Crippen molar-refractivity contribution in [2.45, 2.75) is 26.1 Å². The lowest BCUT2D eigenvalue weighted by atomic mass is 10.2. The van der Waals surface area contributed by atoms with Gasteiger partial charge in [0, 0.05) is 37.9 Å². The van der Waals surface area contributed by atoms with Crippen molar-refractivity contribution in [2.75, 3.05) is 32.8 Å². The van der Waals surface area contributed by atoms with E-state index >= 15 is 0 Å². The molecule has 0 spiro atoms. The van der Waals surface area contributed by atoms with Crippen molar-refractivity contribution in [3.63, 3.8) is 0 Å². The summed E-state index contributed by atoms with van der Waals surface area (Å²) in [5.74, 6) is 0. The summed E-state index contributed by atoms with van der Waals surface area (Å²) >= 11 is 0. The van der Waals surface area contributed by atoms with Gasteiger partial charge in [-0.1, -0.05) is 37.3 Å². The molecule has 1 aromatic carbocycles. The number of benzene rings is 1. The average Bonchev–Trinajstić information content (AvgIpc) is 3.03. The Bertz CT molecular complexity index is 584. The van der Waals surface area contributed by atoms with Gasteiger partial charge in [-0.15, -0.1) is 0 Å². The lowest BCUT2D eigenvalue weighted by Crippen LogP contribution is -2.46. The molecule has 0 radical (unpaired) electrons.